The molecule has 1 fully saturated rings. The Labute approximate surface area is 99.8 Å². The number of aromatic nitrogens is 2. The molecule has 88 valence electrons. The highest BCUT2D eigenvalue weighted by molar-refractivity contribution is 5.60. The third-order valence-corrected chi connectivity index (χ3v) is 3.29. The fourth-order valence-corrected chi connectivity index (χ4v) is 1.89. The van der Waals surface area contributed by atoms with Crippen LogP contribution in [0, 0.1) is 0 Å². The van der Waals surface area contributed by atoms with Gasteiger partial charge in [0, 0.05) is 5.56 Å². The number of hydrogen-bond donors (Lipinski definition) is 2. The minimum Gasteiger partial charge on any atom is -0.497 e. The maximum atomic E-state index is 6.11. The highest BCUT2D eigenvalue weighted by atomic mass is 16.5. The Morgan fingerprint density at radius 1 is 1.29 bits per heavy atom. The second kappa shape index (κ2) is 3.60. The molecular formula is C13H15N3O. The zero-order valence-corrected chi connectivity index (χ0v) is 9.73. The van der Waals surface area contributed by atoms with Crippen LogP contribution >= 0.6 is 0 Å². The summed E-state index contributed by atoms with van der Waals surface area (Å²) >= 11 is 0. The zero-order valence-electron chi connectivity index (χ0n) is 9.73. The number of nitrogens with two attached hydrogens (primary N) is 1. The standard InChI is InChI=1S/C13H15N3O/c1-17-10-4-2-9(3-5-10)11-8-12(16-15-11)13(14)6-7-13/h2-5,8H,6-7,14H2,1H3,(H,15,16). The first-order chi connectivity index (χ1) is 8.21. The topological polar surface area (TPSA) is 63.9 Å². The summed E-state index contributed by atoms with van der Waals surface area (Å²) in [4.78, 5) is 0. The normalized spacial score (nSPS) is 16.8. The van der Waals surface area contributed by atoms with Crippen LogP contribution in [0.1, 0.15) is 18.5 Å². The predicted molar refractivity (Wildman–Crippen MR) is 65.7 cm³/mol. The number of benzene rings is 1. The molecule has 0 bridgehead atoms. The summed E-state index contributed by atoms with van der Waals surface area (Å²) in [5.41, 5.74) is 8.99. The van der Waals surface area contributed by atoms with Crippen molar-refractivity contribution in [3.63, 3.8) is 0 Å². The van der Waals surface area contributed by atoms with E-state index in [2.05, 4.69) is 10.2 Å². The molecule has 2 aromatic rings. The van der Waals surface area contributed by atoms with Gasteiger partial charge in [-0.2, -0.15) is 5.10 Å². The van der Waals surface area contributed by atoms with E-state index in [9.17, 15) is 0 Å². The average molecular weight is 229 g/mol. The molecule has 0 amide bonds. The quantitative estimate of drug-likeness (QED) is 0.846. The second-order valence-corrected chi connectivity index (χ2v) is 4.55. The average Bonchev–Trinajstić information content (AvgIpc) is 2.94. The molecule has 0 unspecified atom stereocenters. The first-order valence-corrected chi connectivity index (χ1v) is 5.70. The van der Waals surface area contributed by atoms with E-state index in [0.29, 0.717) is 0 Å². The van der Waals surface area contributed by atoms with E-state index in [1.165, 1.54) is 0 Å². The molecule has 1 aliphatic carbocycles. The van der Waals surface area contributed by atoms with Gasteiger partial charge in [-0.25, -0.2) is 0 Å². The molecule has 0 spiro atoms. The molecule has 0 radical (unpaired) electrons. The lowest BCUT2D eigenvalue weighted by Crippen LogP contribution is -2.18. The van der Waals surface area contributed by atoms with Crippen LogP contribution in [0.15, 0.2) is 30.3 Å². The summed E-state index contributed by atoms with van der Waals surface area (Å²) in [7, 11) is 1.66. The van der Waals surface area contributed by atoms with Gasteiger partial charge < -0.3 is 10.5 Å². The van der Waals surface area contributed by atoms with Crippen molar-refractivity contribution < 1.29 is 4.74 Å². The molecule has 0 aliphatic heterocycles. The van der Waals surface area contributed by atoms with Crippen molar-refractivity contribution in [3.8, 4) is 17.0 Å². The Morgan fingerprint density at radius 3 is 2.59 bits per heavy atom. The summed E-state index contributed by atoms with van der Waals surface area (Å²) in [5, 5.41) is 7.33. The molecule has 17 heavy (non-hydrogen) atoms. The van der Waals surface area contributed by atoms with Crippen LogP contribution < -0.4 is 10.5 Å². The van der Waals surface area contributed by atoms with Crippen molar-refractivity contribution in [2.45, 2.75) is 18.4 Å². The lowest BCUT2D eigenvalue weighted by molar-refractivity contribution is 0.415. The molecule has 1 aromatic heterocycles. The summed E-state index contributed by atoms with van der Waals surface area (Å²) in [6, 6.07) is 9.89. The third-order valence-electron chi connectivity index (χ3n) is 3.29. The molecular weight excluding hydrogens is 214 g/mol. The predicted octanol–water partition coefficient (Wildman–Crippen LogP) is 2.03. The lowest BCUT2D eigenvalue weighted by Gasteiger charge is -2.02. The van der Waals surface area contributed by atoms with Crippen molar-refractivity contribution >= 4 is 0 Å². The first-order valence-electron chi connectivity index (χ1n) is 5.70. The van der Waals surface area contributed by atoms with Crippen LogP contribution in [-0.2, 0) is 5.54 Å². The largest absolute Gasteiger partial charge is 0.497 e. The van der Waals surface area contributed by atoms with Crippen LogP contribution in [0.2, 0.25) is 0 Å². The number of ether oxygens (including phenoxy) is 1. The van der Waals surface area contributed by atoms with Crippen molar-refractivity contribution in [1.29, 1.82) is 0 Å². The molecule has 3 N–H and O–H groups in total. The van der Waals surface area contributed by atoms with Crippen LogP contribution in [0.5, 0.6) is 5.75 Å². The van der Waals surface area contributed by atoms with Crippen molar-refractivity contribution in [3.05, 3.63) is 36.0 Å². The van der Waals surface area contributed by atoms with E-state index < -0.39 is 0 Å². The van der Waals surface area contributed by atoms with E-state index in [-0.39, 0.29) is 5.54 Å². The molecule has 4 nitrogen and oxygen atoms in total. The highest BCUT2D eigenvalue weighted by Crippen LogP contribution is 2.42. The van der Waals surface area contributed by atoms with E-state index in [0.717, 1.165) is 35.5 Å². The van der Waals surface area contributed by atoms with Crippen LogP contribution in [0.25, 0.3) is 11.3 Å². The third kappa shape index (κ3) is 1.80. The number of H-pyrrole nitrogens is 1. The van der Waals surface area contributed by atoms with Gasteiger partial charge in [0.25, 0.3) is 0 Å². The van der Waals surface area contributed by atoms with Gasteiger partial charge in [0.05, 0.1) is 24.0 Å². The molecule has 3 rings (SSSR count). The lowest BCUT2D eigenvalue weighted by atomic mass is 10.1. The molecule has 0 saturated heterocycles. The number of hydrogen-bond acceptors (Lipinski definition) is 3. The van der Waals surface area contributed by atoms with Crippen LogP contribution in [0.4, 0.5) is 0 Å². The van der Waals surface area contributed by atoms with Gasteiger partial charge in [0.15, 0.2) is 0 Å². The van der Waals surface area contributed by atoms with E-state index >= 15 is 0 Å². The SMILES string of the molecule is COc1ccc(-c2cc(C3(N)CC3)[nH]n2)cc1. The number of aromatic amines is 1. The maximum absolute atomic E-state index is 6.11. The minimum absolute atomic E-state index is 0.155. The van der Waals surface area contributed by atoms with Gasteiger partial charge >= 0.3 is 0 Å². The fourth-order valence-electron chi connectivity index (χ4n) is 1.89. The highest BCUT2D eigenvalue weighted by Gasteiger charge is 2.41. The van der Waals surface area contributed by atoms with Gasteiger partial charge in [-0.1, -0.05) is 0 Å². The van der Waals surface area contributed by atoms with Gasteiger partial charge in [-0.05, 0) is 43.2 Å². The number of rotatable bonds is 3. The molecule has 1 saturated carbocycles. The smallest absolute Gasteiger partial charge is 0.118 e. The van der Waals surface area contributed by atoms with Crippen LogP contribution in [0.3, 0.4) is 0 Å². The van der Waals surface area contributed by atoms with Gasteiger partial charge in [0.2, 0.25) is 0 Å². The zero-order chi connectivity index (χ0) is 11.9. The number of methoxy groups -OCH3 is 1. The minimum atomic E-state index is -0.155. The first kappa shape index (κ1) is 10.4. The van der Waals surface area contributed by atoms with E-state index in [1.807, 2.05) is 30.3 Å². The Kier molecular flexibility index (Phi) is 2.19. The number of nitrogens with one attached hydrogen (secondary N) is 1. The van der Waals surface area contributed by atoms with Gasteiger partial charge in [-0.15, -0.1) is 0 Å². The Bertz CT molecular complexity index is 526. The van der Waals surface area contributed by atoms with E-state index in [4.69, 9.17) is 10.5 Å². The fraction of sp³-hybridized carbons (Fsp3) is 0.308. The summed E-state index contributed by atoms with van der Waals surface area (Å²) in [6.45, 7) is 0. The van der Waals surface area contributed by atoms with Crippen molar-refractivity contribution in [2.75, 3.05) is 7.11 Å². The molecule has 0 atom stereocenters. The molecule has 4 heteroatoms. The number of nitrogens with zero attached hydrogens (tertiary/aromatic N) is 1. The summed E-state index contributed by atoms with van der Waals surface area (Å²) in [5.74, 6) is 0.849. The van der Waals surface area contributed by atoms with E-state index in [1.54, 1.807) is 7.11 Å². The molecule has 1 heterocycles. The molecule has 1 aromatic carbocycles. The van der Waals surface area contributed by atoms with Crippen molar-refractivity contribution in [1.82, 2.24) is 10.2 Å². The summed E-state index contributed by atoms with van der Waals surface area (Å²) in [6.07, 6.45) is 2.08. The molecule has 1 aliphatic rings. The van der Waals surface area contributed by atoms with Crippen LogP contribution in [-0.4, -0.2) is 17.3 Å². The van der Waals surface area contributed by atoms with Gasteiger partial charge in [0.1, 0.15) is 5.75 Å². The Hall–Kier alpha value is -1.81. The summed E-state index contributed by atoms with van der Waals surface area (Å²) < 4.78 is 5.13. The Balaban J connectivity index is 1.90. The second-order valence-electron chi connectivity index (χ2n) is 4.55. The monoisotopic (exact) mass is 229 g/mol. The van der Waals surface area contributed by atoms with Crippen molar-refractivity contribution in [2.24, 2.45) is 5.73 Å². The Morgan fingerprint density at radius 2 is 2.00 bits per heavy atom. The van der Waals surface area contributed by atoms with Gasteiger partial charge in [-0.3, -0.25) is 5.10 Å². The maximum Gasteiger partial charge on any atom is 0.118 e.